The summed E-state index contributed by atoms with van der Waals surface area (Å²) in [6.07, 6.45) is 20.5. The molecule has 0 amide bonds. The SMILES string of the molecule is C=C\C(=C/C=C/C=C\C=C/C)N(c1ccccc1)c1c2c(c(N(c3ccccc3)c3ccc4ccccc4c3)c3ccccc13)C=C=C2. The van der Waals surface area contributed by atoms with Gasteiger partial charge >= 0.3 is 0 Å². The van der Waals surface area contributed by atoms with Gasteiger partial charge in [0.15, 0.2) is 0 Å². The number of para-hydroxylation sites is 2. The molecule has 0 aromatic heterocycles. The third kappa shape index (κ3) is 5.85. The second kappa shape index (κ2) is 14.0. The molecule has 6 aromatic rings. The maximum Gasteiger partial charge on any atom is 0.0626 e. The average Bonchev–Trinajstić information content (AvgIpc) is 3.63. The monoisotopic (exact) mass is 616 g/mol. The van der Waals surface area contributed by atoms with Crippen LogP contribution in [-0.2, 0) is 0 Å². The molecule has 0 saturated heterocycles. The molecule has 2 heteroatoms. The minimum Gasteiger partial charge on any atom is -0.309 e. The number of benzene rings is 6. The van der Waals surface area contributed by atoms with Crippen LogP contribution in [0.25, 0.3) is 33.7 Å². The molecule has 1 aliphatic carbocycles. The van der Waals surface area contributed by atoms with Crippen LogP contribution in [-0.4, -0.2) is 0 Å². The summed E-state index contributed by atoms with van der Waals surface area (Å²) in [6.45, 7) is 6.28. The molecule has 7 rings (SSSR count). The Bertz CT molecular complexity index is 2300. The minimum absolute atomic E-state index is 0.965. The molecule has 0 aliphatic heterocycles. The Kier molecular flexibility index (Phi) is 8.82. The van der Waals surface area contributed by atoms with Gasteiger partial charge in [-0.05, 0) is 78.4 Å². The van der Waals surface area contributed by atoms with Gasteiger partial charge in [-0.15, -0.1) is 5.73 Å². The van der Waals surface area contributed by atoms with Gasteiger partial charge in [0.2, 0.25) is 0 Å². The van der Waals surface area contributed by atoms with Crippen LogP contribution in [0.15, 0.2) is 194 Å². The molecule has 0 atom stereocenters. The third-order valence-corrected chi connectivity index (χ3v) is 8.53. The van der Waals surface area contributed by atoms with E-state index in [0.29, 0.717) is 0 Å². The number of hydrogen-bond donors (Lipinski definition) is 0. The van der Waals surface area contributed by atoms with Crippen molar-refractivity contribution in [1.29, 1.82) is 0 Å². The smallest absolute Gasteiger partial charge is 0.0626 e. The lowest BCUT2D eigenvalue weighted by molar-refractivity contribution is 1.21. The molecule has 0 unspecified atom stereocenters. The highest BCUT2D eigenvalue weighted by Gasteiger charge is 2.28. The predicted molar refractivity (Wildman–Crippen MR) is 209 cm³/mol. The predicted octanol–water partition coefficient (Wildman–Crippen LogP) is 13.0. The van der Waals surface area contributed by atoms with Crippen LogP contribution in [0, 0.1) is 0 Å². The van der Waals surface area contributed by atoms with E-state index in [0.717, 1.165) is 56.0 Å². The molecule has 0 N–H and O–H groups in total. The fourth-order valence-electron chi connectivity index (χ4n) is 6.40. The van der Waals surface area contributed by atoms with Crippen molar-refractivity contribution >= 4 is 62.1 Å². The van der Waals surface area contributed by atoms with Crippen LogP contribution in [0.3, 0.4) is 0 Å². The van der Waals surface area contributed by atoms with Crippen LogP contribution >= 0.6 is 0 Å². The number of nitrogens with zero attached hydrogens (tertiary/aromatic N) is 2. The van der Waals surface area contributed by atoms with E-state index in [4.69, 9.17) is 0 Å². The molecule has 0 saturated carbocycles. The molecule has 0 radical (unpaired) electrons. The normalized spacial score (nSPS) is 12.6. The maximum absolute atomic E-state index is 4.27. The van der Waals surface area contributed by atoms with Crippen molar-refractivity contribution < 1.29 is 0 Å². The Morgan fingerprint density at radius 1 is 0.562 bits per heavy atom. The van der Waals surface area contributed by atoms with Gasteiger partial charge in [-0.3, -0.25) is 0 Å². The summed E-state index contributed by atoms with van der Waals surface area (Å²) in [4.78, 5) is 4.71. The fourth-order valence-corrected chi connectivity index (χ4v) is 6.40. The minimum atomic E-state index is 0.965. The molecule has 2 nitrogen and oxygen atoms in total. The van der Waals surface area contributed by atoms with E-state index in [2.05, 4.69) is 174 Å². The van der Waals surface area contributed by atoms with Crippen molar-refractivity contribution in [1.82, 2.24) is 0 Å². The summed E-state index contributed by atoms with van der Waals surface area (Å²) in [7, 11) is 0. The van der Waals surface area contributed by atoms with E-state index < -0.39 is 0 Å². The van der Waals surface area contributed by atoms with Gasteiger partial charge in [0.1, 0.15) is 0 Å². The Morgan fingerprint density at radius 3 is 1.85 bits per heavy atom. The maximum atomic E-state index is 4.27. The van der Waals surface area contributed by atoms with Crippen molar-refractivity contribution in [3.8, 4) is 0 Å². The number of anilines is 5. The highest BCUT2D eigenvalue weighted by molar-refractivity contribution is 6.14. The first-order valence-corrected chi connectivity index (χ1v) is 16.3. The van der Waals surface area contributed by atoms with Crippen LogP contribution in [0.5, 0.6) is 0 Å². The van der Waals surface area contributed by atoms with Crippen molar-refractivity contribution in [2.75, 3.05) is 9.80 Å². The van der Waals surface area contributed by atoms with Crippen LogP contribution in [0.2, 0.25) is 0 Å². The molecule has 1 aliphatic rings. The molecule has 0 bridgehead atoms. The molecule has 0 fully saturated rings. The van der Waals surface area contributed by atoms with E-state index in [1.807, 2.05) is 43.4 Å². The van der Waals surface area contributed by atoms with Crippen LogP contribution in [0.4, 0.5) is 28.4 Å². The Hall–Kier alpha value is -6.34. The second-order valence-corrected chi connectivity index (χ2v) is 11.5. The molecule has 230 valence electrons. The third-order valence-electron chi connectivity index (χ3n) is 8.53. The molecule has 48 heavy (non-hydrogen) atoms. The lowest BCUT2D eigenvalue weighted by Gasteiger charge is -2.33. The Balaban J connectivity index is 1.51. The zero-order valence-electron chi connectivity index (χ0n) is 27.0. The standard InChI is InChI=1S/C46H36N2/c1-3-5-6-7-8-11-23-37(4-2)47(38-24-12-9-13-25-38)45-41-28-18-19-29-42(41)46(44-31-20-30-43(44)45)48(39-26-14-10-15-27-39)40-33-32-35-21-16-17-22-36(35)34-40/h3-19,21-34H,2H2,1H3/b5-3-,7-6-,11-8+,37-23+. The Labute approximate surface area is 283 Å². The summed E-state index contributed by atoms with van der Waals surface area (Å²) in [6, 6.07) is 45.2. The van der Waals surface area contributed by atoms with Gasteiger partial charge < -0.3 is 9.80 Å². The first kappa shape index (κ1) is 30.3. The number of allylic oxidation sites excluding steroid dienone is 8. The Morgan fingerprint density at radius 2 is 1.15 bits per heavy atom. The van der Waals surface area contributed by atoms with Gasteiger partial charge in [0.25, 0.3) is 0 Å². The van der Waals surface area contributed by atoms with Crippen molar-refractivity contribution in [3.05, 3.63) is 205 Å². The average molecular weight is 617 g/mol. The first-order chi connectivity index (χ1) is 23.8. The van der Waals surface area contributed by atoms with Crippen molar-refractivity contribution in [2.45, 2.75) is 6.92 Å². The molecule has 0 spiro atoms. The topological polar surface area (TPSA) is 6.48 Å². The first-order valence-electron chi connectivity index (χ1n) is 16.3. The van der Waals surface area contributed by atoms with Gasteiger partial charge in [0.05, 0.1) is 11.4 Å². The van der Waals surface area contributed by atoms with Gasteiger partial charge in [-0.2, -0.15) is 0 Å². The van der Waals surface area contributed by atoms with Crippen molar-refractivity contribution in [3.63, 3.8) is 0 Å². The molecular formula is C46H36N2. The summed E-state index contributed by atoms with van der Waals surface area (Å²) in [5, 5.41) is 4.70. The lowest BCUT2D eigenvalue weighted by atomic mass is 9.94. The number of fused-ring (bicyclic) bond motifs is 3. The second-order valence-electron chi connectivity index (χ2n) is 11.5. The molecular weight excluding hydrogens is 581 g/mol. The summed E-state index contributed by atoms with van der Waals surface area (Å²) >= 11 is 0. The largest absolute Gasteiger partial charge is 0.309 e. The quantitative estimate of drug-likeness (QED) is 0.0857. The van der Waals surface area contributed by atoms with E-state index in [-0.39, 0.29) is 0 Å². The van der Waals surface area contributed by atoms with E-state index in [1.165, 1.54) is 10.8 Å². The lowest BCUT2D eigenvalue weighted by Crippen LogP contribution is -2.19. The van der Waals surface area contributed by atoms with Crippen LogP contribution in [0.1, 0.15) is 18.1 Å². The molecule has 6 aromatic carbocycles. The van der Waals surface area contributed by atoms with Gasteiger partial charge in [-0.1, -0.05) is 134 Å². The summed E-state index contributed by atoms with van der Waals surface area (Å²) in [5.74, 6) is 0. The zero-order chi connectivity index (χ0) is 32.7. The van der Waals surface area contributed by atoms with Crippen LogP contribution < -0.4 is 9.80 Å². The van der Waals surface area contributed by atoms with E-state index in [1.54, 1.807) is 0 Å². The fraction of sp³-hybridized carbons (Fsp3) is 0.0217. The van der Waals surface area contributed by atoms with Gasteiger partial charge in [0, 0.05) is 44.7 Å². The highest BCUT2D eigenvalue weighted by Crippen LogP contribution is 2.51. The zero-order valence-corrected chi connectivity index (χ0v) is 27.0. The highest BCUT2D eigenvalue weighted by atomic mass is 15.2. The van der Waals surface area contributed by atoms with E-state index in [9.17, 15) is 0 Å². The summed E-state index contributed by atoms with van der Waals surface area (Å²) < 4.78 is 0. The van der Waals surface area contributed by atoms with Gasteiger partial charge in [-0.25, -0.2) is 0 Å². The van der Waals surface area contributed by atoms with Crippen molar-refractivity contribution in [2.24, 2.45) is 0 Å². The number of hydrogen-bond acceptors (Lipinski definition) is 2. The number of rotatable bonds is 10. The summed E-state index contributed by atoms with van der Waals surface area (Å²) in [5.41, 5.74) is 12.1. The molecule has 0 heterocycles. The van der Waals surface area contributed by atoms with E-state index >= 15 is 0 Å².